The summed E-state index contributed by atoms with van der Waals surface area (Å²) in [5.41, 5.74) is 4.79. The fourth-order valence-corrected chi connectivity index (χ4v) is 1.87. The van der Waals surface area contributed by atoms with Gasteiger partial charge in [-0.2, -0.15) is 22.0 Å². The van der Waals surface area contributed by atoms with Gasteiger partial charge in [0.05, 0.1) is 11.8 Å². The minimum atomic E-state index is -4.77. The van der Waals surface area contributed by atoms with Crippen LogP contribution in [0.5, 0.6) is 0 Å². The van der Waals surface area contributed by atoms with Crippen LogP contribution in [-0.4, -0.2) is 41.9 Å². The predicted octanol–water partition coefficient (Wildman–Crippen LogP) is 0.764. The standard InChI is InChI=1S/C9H11F5N2O2/c1-8(10,11)7(18)16-2-4(6(15)17)5(3-16)9(12,13)14/h4-5H,2-3H2,1H3,(H2,15,17)/t4-,5-/m1/s1. The van der Waals surface area contributed by atoms with Crippen molar-refractivity contribution in [3.63, 3.8) is 0 Å². The molecular formula is C9H11F5N2O2. The van der Waals surface area contributed by atoms with Gasteiger partial charge in [-0.05, 0) is 0 Å². The van der Waals surface area contributed by atoms with Crippen LogP contribution in [0.15, 0.2) is 0 Å². The molecule has 1 aliphatic heterocycles. The third-order valence-electron chi connectivity index (χ3n) is 2.77. The highest BCUT2D eigenvalue weighted by Crippen LogP contribution is 2.38. The molecule has 1 fully saturated rings. The summed E-state index contributed by atoms with van der Waals surface area (Å²) < 4.78 is 63.2. The molecule has 2 atom stereocenters. The lowest BCUT2D eigenvalue weighted by Gasteiger charge is -2.20. The summed E-state index contributed by atoms with van der Waals surface area (Å²) in [4.78, 5) is 22.4. The van der Waals surface area contributed by atoms with E-state index in [1.165, 1.54) is 0 Å². The Morgan fingerprint density at radius 3 is 1.94 bits per heavy atom. The number of hydrogen-bond acceptors (Lipinski definition) is 2. The Kier molecular flexibility index (Phi) is 3.55. The highest BCUT2D eigenvalue weighted by molar-refractivity contribution is 5.85. The quantitative estimate of drug-likeness (QED) is 0.756. The Bertz CT molecular complexity index is 363. The number of rotatable bonds is 2. The number of carbonyl (C=O) groups is 2. The molecule has 0 spiro atoms. The molecule has 0 saturated carbocycles. The Labute approximate surface area is 98.9 Å². The van der Waals surface area contributed by atoms with E-state index in [-0.39, 0.29) is 6.92 Å². The van der Waals surface area contributed by atoms with Gasteiger partial charge >= 0.3 is 12.1 Å². The summed E-state index contributed by atoms with van der Waals surface area (Å²) in [5, 5.41) is 0. The number of carbonyl (C=O) groups excluding carboxylic acids is 2. The molecule has 0 aromatic rings. The zero-order valence-electron chi connectivity index (χ0n) is 9.30. The number of likely N-dealkylation sites (tertiary alicyclic amines) is 1. The van der Waals surface area contributed by atoms with Gasteiger partial charge in [-0.15, -0.1) is 0 Å². The number of primary amides is 1. The highest BCUT2D eigenvalue weighted by Gasteiger charge is 2.54. The molecular weight excluding hydrogens is 263 g/mol. The van der Waals surface area contributed by atoms with E-state index >= 15 is 0 Å². The van der Waals surface area contributed by atoms with E-state index in [9.17, 15) is 31.5 Å². The van der Waals surface area contributed by atoms with Crippen LogP contribution < -0.4 is 5.73 Å². The molecule has 9 heteroatoms. The van der Waals surface area contributed by atoms with E-state index in [2.05, 4.69) is 0 Å². The summed E-state index contributed by atoms with van der Waals surface area (Å²) in [6, 6.07) is 0. The molecule has 4 nitrogen and oxygen atoms in total. The van der Waals surface area contributed by atoms with Crippen LogP contribution in [0, 0.1) is 11.8 Å². The first-order valence-electron chi connectivity index (χ1n) is 4.98. The fourth-order valence-electron chi connectivity index (χ4n) is 1.87. The molecule has 1 saturated heterocycles. The van der Waals surface area contributed by atoms with Gasteiger partial charge in [0.1, 0.15) is 0 Å². The Morgan fingerprint density at radius 2 is 1.67 bits per heavy atom. The Hall–Kier alpha value is -1.41. The van der Waals surface area contributed by atoms with Gasteiger partial charge in [0, 0.05) is 20.0 Å². The summed E-state index contributed by atoms with van der Waals surface area (Å²) in [6.45, 7) is -1.42. The minimum Gasteiger partial charge on any atom is -0.369 e. The van der Waals surface area contributed by atoms with Crippen molar-refractivity contribution in [3.05, 3.63) is 0 Å². The number of amides is 2. The van der Waals surface area contributed by atoms with Crippen molar-refractivity contribution < 1.29 is 31.5 Å². The van der Waals surface area contributed by atoms with Gasteiger partial charge in [0.15, 0.2) is 0 Å². The molecule has 1 aliphatic rings. The maximum absolute atomic E-state index is 12.7. The van der Waals surface area contributed by atoms with Gasteiger partial charge < -0.3 is 10.6 Å². The number of hydrogen-bond donors (Lipinski definition) is 1. The SMILES string of the molecule is CC(F)(F)C(=O)N1C[C@@H](C(F)(F)F)[C@H](C(N)=O)C1. The van der Waals surface area contributed by atoms with Gasteiger partial charge in [0.2, 0.25) is 5.91 Å². The molecule has 0 aromatic heterocycles. The van der Waals surface area contributed by atoms with Crippen molar-refractivity contribution in [2.75, 3.05) is 13.1 Å². The van der Waals surface area contributed by atoms with E-state index in [1.54, 1.807) is 0 Å². The van der Waals surface area contributed by atoms with Crippen molar-refractivity contribution in [3.8, 4) is 0 Å². The van der Waals surface area contributed by atoms with Crippen LogP contribution in [-0.2, 0) is 9.59 Å². The lowest BCUT2D eigenvalue weighted by molar-refractivity contribution is -0.183. The monoisotopic (exact) mass is 274 g/mol. The smallest absolute Gasteiger partial charge is 0.369 e. The third kappa shape index (κ3) is 2.88. The van der Waals surface area contributed by atoms with E-state index in [4.69, 9.17) is 5.73 Å². The van der Waals surface area contributed by atoms with E-state index in [0.29, 0.717) is 4.90 Å². The van der Waals surface area contributed by atoms with E-state index in [1.807, 2.05) is 0 Å². The molecule has 0 aromatic carbocycles. The van der Waals surface area contributed by atoms with Crippen LogP contribution in [0.1, 0.15) is 6.92 Å². The Balaban J connectivity index is 2.93. The molecule has 2 amide bonds. The largest absolute Gasteiger partial charge is 0.394 e. The summed E-state index contributed by atoms with van der Waals surface area (Å²) in [7, 11) is 0. The molecule has 0 bridgehead atoms. The van der Waals surface area contributed by atoms with Crippen molar-refractivity contribution in [1.29, 1.82) is 0 Å². The number of halogens is 5. The van der Waals surface area contributed by atoms with Crippen LogP contribution in [0.3, 0.4) is 0 Å². The average Bonchev–Trinajstić information content (AvgIpc) is 2.58. The van der Waals surface area contributed by atoms with E-state index in [0.717, 1.165) is 0 Å². The summed E-state index contributed by atoms with van der Waals surface area (Å²) >= 11 is 0. The normalized spacial score (nSPS) is 25.3. The van der Waals surface area contributed by atoms with E-state index < -0.39 is 48.8 Å². The zero-order chi connectivity index (χ0) is 14.3. The molecule has 1 heterocycles. The maximum Gasteiger partial charge on any atom is 0.394 e. The molecule has 104 valence electrons. The molecule has 0 unspecified atom stereocenters. The van der Waals surface area contributed by atoms with Crippen molar-refractivity contribution >= 4 is 11.8 Å². The summed E-state index contributed by atoms with van der Waals surface area (Å²) in [5.74, 6) is -10.6. The third-order valence-corrected chi connectivity index (χ3v) is 2.77. The van der Waals surface area contributed by atoms with Crippen LogP contribution in [0.2, 0.25) is 0 Å². The second-order valence-corrected chi connectivity index (χ2v) is 4.26. The molecule has 0 aliphatic carbocycles. The molecule has 0 radical (unpaired) electrons. The second kappa shape index (κ2) is 4.36. The fraction of sp³-hybridized carbons (Fsp3) is 0.778. The average molecular weight is 274 g/mol. The molecule has 2 N–H and O–H groups in total. The van der Waals surface area contributed by atoms with Gasteiger partial charge in [0.25, 0.3) is 5.91 Å². The predicted molar refractivity (Wildman–Crippen MR) is 49.4 cm³/mol. The van der Waals surface area contributed by atoms with Crippen LogP contribution in [0.25, 0.3) is 0 Å². The topological polar surface area (TPSA) is 63.4 Å². The molecule has 1 rings (SSSR count). The molecule has 18 heavy (non-hydrogen) atoms. The first-order valence-corrected chi connectivity index (χ1v) is 4.98. The van der Waals surface area contributed by atoms with Crippen LogP contribution in [0.4, 0.5) is 22.0 Å². The summed E-state index contributed by atoms with van der Waals surface area (Å²) in [6.07, 6.45) is -4.77. The Morgan fingerprint density at radius 1 is 1.17 bits per heavy atom. The zero-order valence-corrected chi connectivity index (χ0v) is 9.30. The van der Waals surface area contributed by atoms with Crippen LogP contribution >= 0.6 is 0 Å². The lowest BCUT2D eigenvalue weighted by atomic mass is 9.95. The first-order chi connectivity index (χ1) is 7.94. The van der Waals surface area contributed by atoms with Crippen molar-refractivity contribution in [1.82, 2.24) is 4.90 Å². The number of alkyl halides is 5. The second-order valence-electron chi connectivity index (χ2n) is 4.26. The highest BCUT2D eigenvalue weighted by atomic mass is 19.4. The maximum atomic E-state index is 12.7. The van der Waals surface area contributed by atoms with Gasteiger partial charge in [-0.1, -0.05) is 0 Å². The lowest BCUT2D eigenvalue weighted by Crippen LogP contribution is -2.41. The van der Waals surface area contributed by atoms with Gasteiger partial charge in [-0.25, -0.2) is 0 Å². The van der Waals surface area contributed by atoms with Crippen molar-refractivity contribution in [2.45, 2.75) is 19.0 Å². The minimum absolute atomic E-state index is 0.287. The number of nitrogens with two attached hydrogens (primary N) is 1. The van der Waals surface area contributed by atoms with Gasteiger partial charge in [-0.3, -0.25) is 9.59 Å². The van der Waals surface area contributed by atoms with Crippen molar-refractivity contribution in [2.24, 2.45) is 17.6 Å². The number of nitrogens with zero attached hydrogens (tertiary/aromatic N) is 1. The first kappa shape index (κ1) is 14.7.